The van der Waals surface area contributed by atoms with Crippen molar-refractivity contribution in [1.82, 2.24) is 15.1 Å². The summed E-state index contributed by atoms with van der Waals surface area (Å²) in [4.78, 5) is 26.0. The van der Waals surface area contributed by atoms with Crippen LogP contribution in [0.15, 0.2) is 0 Å². The Labute approximate surface area is 108 Å². The van der Waals surface area contributed by atoms with E-state index in [2.05, 4.69) is 24.1 Å². The molecule has 0 aromatic heterocycles. The van der Waals surface area contributed by atoms with Gasteiger partial charge in [-0.05, 0) is 27.9 Å². The standard InChI is InChI=1S/C12H23N3O3/c1-12(2,14(3)4)8-13-11(18)15-6-9(7-15)5-10(16)17/h9H,5-8H2,1-4H3,(H,13,18)(H,16,17). The minimum Gasteiger partial charge on any atom is -0.481 e. The van der Waals surface area contributed by atoms with E-state index in [4.69, 9.17) is 5.11 Å². The number of likely N-dealkylation sites (tertiary alicyclic amines) is 1. The lowest BCUT2D eigenvalue weighted by atomic mass is 9.97. The van der Waals surface area contributed by atoms with E-state index in [1.807, 2.05) is 14.1 Å². The molecule has 2 N–H and O–H groups in total. The Morgan fingerprint density at radius 1 is 1.39 bits per heavy atom. The number of urea groups is 1. The van der Waals surface area contributed by atoms with Gasteiger partial charge >= 0.3 is 12.0 Å². The second-order valence-corrected chi connectivity index (χ2v) is 5.73. The zero-order valence-electron chi connectivity index (χ0n) is 11.6. The highest BCUT2D eigenvalue weighted by Gasteiger charge is 2.32. The Morgan fingerprint density at radius 2 is 1.94 bits per heavy atom. The SMILES string of the molecule is CN(C)C(C)(C)CNC(=O)N1CC(CC(=O)O)C1. The first kappa shape index (κ1) is 14.8. The molecule has 0 aromatic carbocycles. The van der Waals surface area contributed by atoms with Crippen LogP contribution in [0.25, 0.3) is 0 Å². The summed E-state index contributed by atoms with van der Waals surface area (Å²) in [5.74, 6) is -0.691. The maximum Gasteiger partial charge on any atom is 0.317 e. The van der Waals surface area contributed by atoms with Gasteiger partial charge in [0, 0.05) is 31.1 Å². The minimum atomic E-state index is -0.797. The van der Waals surface area contributed by atoms with Crippen LogP contribution in [0.1, 0.15) is 20.3 Å². The van der Waals surface area contributed by atoms with Gasteiger partial charge in [-0.3, -0.25) is 4.79 Å². The first-order chi connectivity index (χ1) is 8.22. The van der Waals surface area contributed by atoms with Crippen molar-refractivity contribution in [1.29, 1.82) is 0 Å². The first-order valence-corrected chi connectivity index (χ1v) is 6.14. The Hall–Kier alpha value is -1.30. The molecule has 0 atom stereocenters. The normalized spacial score (nSPS) is 16.6. The van der Waals surface area contributed by atoms with Gasteiger partial charge in [-0.2, -0.15) is 0 Å². The van der Waals surface area contributed by atoms with Crippen molar-refractivity contribution in [3.8, 4) is 0 Å². The topological polar surface area (TPSA) is 72.9 Å². The van der Waals surface area contributed by atoms with Crippen LogP contribution >= 0.6 is 0 Å². The van der Waals surface area contributed by atoms with Crippen molar-refractivity contribution in [2.45, 2.75) is 25.8 Å². The van der Waals surface area contributed by atoms with E-state index >= 15 is 0 Å². The molecule has 0 radical (unpaired) electrons. The summed E-state index contributed by atoms with van der Waals surface area (Å²) < 4.78 is 0. The Morgan fingerprint density at radius 3 is 2.39 bits per heavy atom. The molecule has 18 heavy (non-hydrogen) atoms. The Balaban J connectivity index is 2.26. The molecule has 6 nitrogen and oxygen atoms in total. The van der Waals surface area contributed by atoms with Crippen LogP contribution in [-0.2, 0) is 4.79 Å². The number of rotatable bonds is 5. The van der Waals surface area contributed by atoms with Crippen LogP contribution in [0.5, 0.6) is 0 Å². The smallest absolute Gasteiger partial charge is 0.317 e. The lowest BCUT2D eigenvalue weighted by molar-refractivity contribution is -0.139. The Bertz CT molecular complexity index is 323. The molecule has 0 aromatic rings. The van der Waals surface area contributed by atoms with Crippen molar-refractivity contribution in [3.63, 3.8) is 0 Å². The lowest BCUT2D eigenvalue weighted by Gasteiger charge is -2.40. The van der Waals surface area contributed by atoms with Gasteiger partial charge in [0.25, 0.3) is 0 Å². The van der Waals surface area contributed by atoms with Gasteiger partial charge in [-0.15, -0.1) is 0 Å². The maximum absolute atomic E-state index is 11.8. The van der Waals surface area contributed by atoms with Crippen LogP contribution in [0, 0.1) is 5.92 Å². The highest BCUT2D eigenvalue weighted by molar-refractivity contribution is 5.75. The van der Waals surface area contributed by atoms with Gasteiger partial charge in [-0.1, -0.05) is 0 Å². The fourth-order valence-electron chi connectivity index (χ4n) is 1.67. The van der Waals surface area contributed by atoms with Crippen molar-refractivity contribution < 1.29 is 14.7 Å². The number of carbonyl (C=O) groups is 2. The van der Waals surface area contributed by atoms with Gasteiger partial charge in [0.2, 0.25) is 0 Å². The van der Waals surface area contributed by atoms with Crippen molar-refractivity contribution in [2.24, 2.45) is 5.92 Å². The second-order valence-electron chi connectivity index (χ2n) is 5.73. The number of amides is 2. The fourth-order valence-corrected chi connectivity index (χ4v) is 1.67. The largest absolute Gasteiger partial charge is 0.481 e. The molecule has 0 unspecified atom stereocenters. The monoisotopic (exact) mass is 257 g/mol. The second kappa shape index (κ2) is 5.56. The average molecular weight is 257 g/mol. The molecule has 2 amide bonds. The number of nitrogens with zero attached hydrogens (tertiary/aromatic N) is 2. The van der Waals surface area contributed by atoms with Gasteiger partial charge < -0.3 is 20.2 Å². The highest BCUT2D eigenvalue weighted by atomic mass is 16.4. The van der Waals surface area contributed by atoms with Gasteiger partial charge in [0.1, 0.15) is 0 Å². The summed E-state index contributed by atoms with van der Waals surface area (Å²) in [6.07, 6.45) is 0.146. The van der Waals surface area contributed by atoms with E-state index in [1.165, 1.54) is 0 Å². The van der Waals surface area contributed by atoms with Crippen LogP contribution in [-0.4, -0.2) is 66.2 Å². The molecular weight excluding hydrogens is 234 g/mol. The van der Waals surface area contributed by atoms with Crippen LogP contribution < -0.4 is 5.32 Å². The molecular formula is C12H23N3O3. The summed E-state index contributed by atoms with van der Waals surface area (Å²) in [6, 6.07) is -0.105. The molecule has 1 aliphatic heterocycles. The van der Waals surface area contributed by atoms with E-state index in [0.717, 1.165) is 0 Å². The van der Waals surface area contributed by atoms with E-state index in [9.17, 15) is 9.59 Å². The number of hydrogen-bond acceptors (Lipinski definition) is 3. The third kappa shape index (κ3) is 3.87. The quantitative estimate of drug-likeness (QED) is 0.749. The fraction of sp³-hybridized carbons (Fsp3) is 0.833. The highest BCUT2D eigenvalue weighted by Crippen LogP contribution is 2.19. The molecule has 0 saturated carbocycles. The number of nitrogens with one attached hydrogen (secondary N) is 1. The van der Waals surface area contributed by atoms with Crippen LogP contribution in [0.2, 0.25) is 0 Å². The minimum absolute atomic E-state index is 0.0962. The molecule has 104 valence electrons. The number of carboxylic acid groups (broad SMARTS) is 1. The summed E-state index contributed by atoms with van der Waals surface area (Å²) in [6.45, 7) is 5.76. The van der Waals surface area contributed by atoms with E-state index in [1.54, 1.807) is 4.90 Å². The third-order valence-electron chi connectivity index (χ3n) is 3.59. The van der Waals surface area contributed by atoms with E-state index in [-0.39, 0.29) is 23.9 Å². The zero-order chi connectivity index (χ0) is 13.9. The number of likely N-dealkylation sites (N-methyl/N-ethyl adjacent to an activating group) is 1. The zero-order valence-corrected chi connectivity index (χ0v) is 11.6. The molecule has 1 fully saturated rings. The first-order valence-electron chi connectivity index (χ1n) is 6.14. The van der Waals surface area contributed by atoms with E-state index < -0.39 is 5.97 Å². The predicted octanol–water partition coefficient (Wildman–Crippen LogP) is 0.443. The van der Waals surface area contributed by atoms with Gasteiger partial charge in [0.05, 0.1) is 6.42 Å². The summed E-state index contributed by atoms with van der Waals surface area (Å²) in [5.41, 5.74) is -0.0962. The maximum atomic E-state index is 11.8. The lowest BCUT2D eigenvalue weighted by Crippen LogP contribution is -2.57. The summed E-state index contributed by atoms with van der Waals surface area (Å²) >= 11 is 0. The van der Waals surface area contributed by atoms with Crippen molar-refractivity contribution in [2.75, 3.05) is 33.7 Å². The predicted molar refractivity (Wildman–Crippen MR) is 68.5 cm³/mol. The third-order valence-corrected chi connectivity index (χ3v) is 3.59. The molecule has 1 heterocycles. The molecule has 0 bridgehead atoms. The number of carbonyl (C=O) groups excluding carboxylic acids is 1. The average Bonchev–Trinajstić information content (AvgIpc) is 2.19. The molecule has 6 heteroatoms. The van der Waals surface area contributed by atoms with Crippen molar-refractivity contribution in [3.05, 3.63) is 0 Å². The van der Waals surface area contributed by atoms with Gasteiger partial charge in [0.15, 0.2) is 0 Å². The number of aliphatic carboxylic acids is 1. The molecule has 0 aliphatic carbocycles. The van der Waals surface area contributed by atoms with Crippen LogP contribution in [0.4, 0.5) is 4.79 Å². The number of carboxylic acids is 1. The summed E-state index contributed by atoms with van der Waals surface area (Å²) in [7, 11) is 3.94. The molecule has 0 spiro atoms. The van der Waals surface area contributed by atoms with Gasteiger partial charge in [-0.25, -0.2) is 4.79 Å². The Kier molecular flexibility index (Phi) is 4.56. The van der Waals surface area contributed by atoms with E-state index in [0.29, 0.717) is 19.6 Å². The summed E-state index contributed by atoms with van der Waals surface area (Å²) in [5, 5.41) is 11.5. The van der Waals surface area contributed by atoms with Crippen LogP contribution in [0.3, 0.4) is 0 Å². The van der Waals surface area contributed by atoms with Crippen molar-refractivity contribution >= 4 is 12.0 Å². The number of hydrogen-bond donors (Lipinski definition) is 2. The molecule has 1 saturated heterocycles. The molecule has 1 aliphatic rings. The molecule has 1 rings (SSSR count).